The molecule has 0 spiro atoms. The van der Waals surface area contributed by atoms with Crippen LogP contribution in [0.4, 0.5) is 0 Å². The van der Waals surface area contributed by atoms with Gasteiger partial charge in [0.2, 0.25) is 0 Å². The van der Waals surface area contributed by atoms with Crippen LogP contribution in [0.2, 0.25) is 0 Å². The third-order valence-corrected chi connectivity index (χ3v) is 5.91. The molecule has 0 saturated heterocycles. The molecule has 2 rings (SSSR count). The summed E-state index contributed by atoms with van der Waals surface area (Å²) in [7, 11) is 0. The molecule has 112 valence electrons. The van der Waals surface area contributed by atoms with Gasteiger partial charge < -0.3 is 10.2 Å². The maximum absolute atomic E-state index is 9.62. The quantitative estimate of drug-likeness (QED) is 0.819. The van der Waals surface area contributed by atoms with Crippen LogP contribution in [0.15, 0.2) is 0 Å². The highest BCUT2D eigenvalue weighted by atomic mass is 16.3. The molecule has 19 heavy (non-hydrogen) atoms. The Morgan fingerprint density at radius 2 is 1.79 bits per heavy atom. The number of aliphatic hydroxyl groups is 2. The predicted octanol–water partition coefficient (Wildman–Crippen LogP) is 3.47. The van der Waals surface area contributed by atoms with Gasteiger partial charge in [-0.1, -0.05) is 26.7 Å². The van der Waals surface area contributed by atoms with Crippen molar-refractivity contribution in [2.75, 3.05) is 13.2 Å². The summed E-state index contributed by atoms with van der Waals surface area (Å²) in [5.41, 5.74) is 0. The maximum Gasteiger partial charge on any atom is 0.0462 e. The van der Waals surface area contributed by atoms with Crippen LogP contribution in [0, 0.1) is 35.5 Å². The fourth-order valence-corrected chi connectivity index (χ4v) is 5.14. The summed E-state index contributed by atoms with van der Waals surface area (Å²) in [6.07, 6.45) is 8.85. The van der Waals surface area contributed by atoms with E-state index in [1.165, 1.54) is 44.9 Å². The normalized spacial score (nSPS) is 44.2. The van der Waals surface area contributed by atoms with E-state index in [1.807, 2.05) is 0 Å². The van der Waals surface area contributed by atoms with Gasteiger partial charge in [0.05, 0.1) is 0 Å². The number of rotatable bonds is 4. The Morgan fingerprint density at radius 1 is 1.00 bits per heavy atom. The number of aliphatic hydroxyl groups excluding tert-OH is 2. The minimum absolute atomic E-state index is 0.369. The van der Waals surface area contributed by atoms with Crippen molar-refractivity contribution in [3.8, 4) is 0 Å². The molecule has 6 atom stereocenters. The first-order valence-electron chi connectivity index (χ1n) is 8.41. The maximum atomic E-state index is 9.62. The van der Waals surface area contributed by atoms with Crippen molar-refractivity contribution in [1.29, 1.82) is 0 Å². The smallest absolute Gasteiger partial charge is 0.0462 e. The lowest BCUT2D eigenvalue weighted by molar-refractivity contribution is 0.0180. The van der Waals surface area contributed by atoms with Crippen molar-refractivity contribution in [1.82, 2.24) is 0 Å². The lowest BCUT2D eigenvalue weighted by Gasteiger charge is -2.45. The molecule has 0 aromatic carbocycles. The van der Waals surface area contributed by atoms with E-state index in [2.05, 4.69) is 13.8 Å². The second kappa shape index (κ2) is 7.08. The zero-order valence-electron chi connectivity index (χ0n) is 12.7. The molecule has 2 aliphatic carbocycles. The molecule has 2 aliphatic rings. The summed E-state index contributed by atoms with van der Waals surface area (Å²) in [4.78, 5) is 0. The Balaban J connectivity index is 2.05. The molecule has 2 heteroatoms. The van der Waals surface area contributed by atoms with Gasteiger partial charge in [-0.3, -0.25) is 0 Å². The highest BCUT2D eigenvalue weighted by molar-refractivity contribution is 4.89. The van der Waals surface area contributed by atoms with Gasteiger partial charge >= 0.3 is 0 Å². The molecule has 0 aromatic heterocycles. The lowest BCUT2D eigenvalue weighted by atomic mass is 9.61. The Bertz CT molecular complexity index is 266. The molecule has 2 N–H and O–H groups in total. The van der Waals surface area contributed by atoms with Crippen molar-refractivity contribution in [3.63, 3.8) is 0 Å². The van der Waals surface area contributed by atoms with Crippen LogP contribution in [-0.2, 0) is 0 Å². The van der Waals surface area contributed by atoms with E-state index in [4.69, 9.17) is 0 Å². The first kappa shape index (κ1) is 15.3. The van der Waals surface area contributed by atoms with Gasteiger partial charge in [-0.2, -0.15) is 0 Å². The van der Waals surface area contributed by atoms with E-state index in [9.17, 15) is 10.2 Å². The molecule has 0 aromatic rings. The van der Waals surface area contributed by atoms with E-state index in [0.717, 1.165) is 17.8 Å². The molecular weight excluding hydrogens is 236 g/mol. The summed E-state index contributed by atoms with van der Waals surface area (Å²) < 4.78 is 0. The average molecular weight is 268 g/mol. The number of hydrogen-bond acceptors (Lipinski definition) is 2. The first-order chi connectivity index (χ1) is 9.19. The first-order valence-corrected chi connectivity index (χ1v) is 8.41. The summed E-state index contributed by atoms with van der Waals surface area (Å²) in [5.74, 6) is 4.14. The monoisotopic (exact) mass is 268 g/mol. The Hall–Kier alpha value is -0.0800. The Kier molecular flexibility index (Phi) is 5.70. The minimum atomic E-state index is 0.369. The van der Waals surface area contributed by atoms with Crippen molar-refractivity contribution in [2.24, 2.45) is 35.5 Å². The highest BCUT2D eigenvalue weighted by Gasteiger charge is 2.39. The number of hydrogen-bond donors (Lipinski definition) is 2. The van der Waals surface area contributed by atoms with Gasteiger partial charge in [0.15, 0.2) is 0 Å². The molecule has 2 saturated carbocycles. The zero-order chi connectivity index (χ0) is 13.8. The third kappa shape index (κ3) is 3.52. The fraction of sp³-hybridized carbons (Fsp3) is 1.00. The zero-order valence-corrected chi connectivity index (χ0v) is 12.7. The highest BCUT2D eigenvalue weighted by Crippen LogP contribution is 2.47. The molecule has 2 fully saturated rings. The summed E-state index contributed by atoms with van der Waals surface area (Å²) >= 11 is 0. The van der Waals surface area contributed by atoms with E-state index < -0.39 is 0 Å². The summed E-state index contributed by atoms with van der Waals surface area (Å²) in [6, 6.07) is 0. The molecule has 0 heterocycles. The van der Waals surface area contributed by atoms with Gasteiger partial charge in [0, 0.05) is 13.2 Å². The van der Waals surface area contributed by atoms with Crippen LogP contribution in [0.3, 0.4) is 0 Å². The van der Waals surface area contributed by atoms with Crippen molar-refractivity contribution in [3.05, 3.63) is 0 Å². The Morgan fingerprint density at radius 3 is 2.42 bits per heavy atom. The van der Waals surface area contributed by atoms with Crippen molar-refractivity contribution >= 4 is 0 Å². The van der Waals surface area contributed by atoms with Gasteiger partial charge in [-0.05, 0) is 67.6 Å². The average Bonchev–Trinajstić information content (AvgIpc) is 2.45. The second-order valence-electron chi connectivity index (χ2n) is 7.23. The molecular formula is C17H32O2. The third-order valence-electron chi connectivity index (χ3n) is 5.91. The van der Waals surface area contributed by atoms with Crippen LogP contribution in [0.1, 0.15) is 58.8 Å². The lowest BCUT2D eigenvalue weighted by Crippen LogP contribution is -2.38. The van der Waals surface area contributed by atoms with Gasteiger partial charge in [-0.25, -0.2) is 0 Å². The van der Waals surface area contributed by atoms with E-state index in [1.54, 1.807) is 0 Å². The van der Waals surface area contributed by atoms with Gasteiger partial charge in [0.1, 0.15) is 0 Å². The van der Waals surface area contributed by atoms with Crippen LogP contribution in [0.25, 0.3) is 0 Å². The van der Waals surface area contributed by atoms with Gasteiger partial charge in [0.25, 0.3) is 0 Å². The van der Waals surface area contributed by atoms with Crippen LogP contribution in [-0.4, -0.2) is 23.4 Å². The topological polar surface area (TPSA) is 40.5 Å². The standard InChI is InChI=1S/C17H32O2/c1-3-16-14(11-19)5-4-6-17(16)15-8-12(2)7-13(9-15)10-18/h12-19H,3-11H2,1-2H3/t12?,13?,14-,15?,16-,17?/m1/s1. The summed E-state index contributed by atoms with van der Waals surface area (Å²) in [5, 5.41) is 19.1. The molecule has 0 bridgehead atoms. The van der Waals surface area contributed by atoms with E-state index in [-0.39, 0.29) is 0 Å². The molecule has 0 radical (unpaired) electrons. The van der Waals surface area contributed by atoms with Gasteiger partial charge in [-0.15, -0.1) is 0 Å². The second-order valence-corrected chi connectivity index (χ2v) is 7.23. The molecule has 4 unspecified atom stereocenters. The summed E-state index contributed by atoms with van der Waals surface area (Å²) in [6.45, 7) is 5.39. The molecule has 2 nitrogen and oxygen atoms in total. The Labute approximate surface area is 118 Å². The van der Waals surface area contributed by atoms with E-state index in [0.29, 0.717) is 31.0 Å². The van der Waals surface area contributed by atoms with E-state index >= 15 is 0 Å². The van der Waals surface area contributed by atoms with Crippen LogP contribution >= 0.6 is 0 Å². The van der Waals surface area contributed by atoms with Crippen LogP contribution < -0.4 is 0 Å². The predicted molar refractivity (Wildman–Crippen MR) is 78.8 cm³/mol. The molecule has 0 amide bonds. The minimum Gasteiger partial charge on any atom is -0.396 e. The largest absolute Gasteiger partial charge is 0.396 e. The fourth-order valence-electron chi connectivity index (χ4n) is 5.14. The SMILES string of the molecule is CC[C@H]1C(C2CC(C)CC(CO)C2)CCC[C@@H]1CO. The van der Waals surface area contributed by atoms with Crippen molar-refractivity contribution in [2.45, 2.75) is 58.8 Å². The molecule has 0 aliphatic heterocycles. The van der Waals surface area contributed by atoms with Crippen LogP contribution in [0.5, 0.6) is 0 Å². The van der Waals surface area contributed by atoms with Crippen molar-refractivity contribution < 1.29 is 10.2 Å².